The van der Waals surface area contributed by atoms with Crippen molar-refractivity contribution in [1.29, 1.82) is 0 Å². The lowest BCUT2D eigenvalue weighted by atomic mass is 10.0. The number of ether oxygens (including phenoxy) is 1. The molecule has 1 aromatic rings. The predicted octanol–water partition coefficient (Wildman–Crippen LogP) is 1.79. The molecule has 0 saturated heterocycles. The van der Waals surface area contributed by atoms with E-state index in [1.807, 2.05) is 0 Å². The smallest absolute Gasteiger partial charge is 0.227 e. The second kappa shape index (κ2) is 6.70. The summed E-state index contributed by atoms with van der Waals surface area (Å²) in [7, 11) is 1.77. The van der Waals surface area contributed by atoms with Crippen molar-refractivity contribution in [3.8, 4) is 5.75 Å². The molecule has 1 fully saturated rings. The lowest BCUT2D eigenvalue weighted by Gasteiger charge is -2.23. The summed E-state index contributed by atoms with van der Waals surface area (Å²) in [6, 6.07) is 5.83. The van der Waals surface area contributed by atoms with Crippen LogP contribution in [-0.2, 0) is 4.79 Å². The van der Waals surface area contributed by atoms with Crippen LogP contribution in [0.2, 0.25) is 0 Å². The number of rotatable bonds is 5. The molecule has 5 heteroatoms. The highest BCUT2D eigenvalue weighted by atomic mass is 19.1. The van der Waals surface area contributed by atoms with Gasteiger partial charge in [0.05, 0.1) is 12.5 Å². The van der Waals surface area contributed by atoms with Gasteiger partial charge in [0, 0.05) is 13.1 Å². The highest BCUT2D eigenvalue weighted by Gasteiger charge is 2.31. The van der Waals surface area contributed by atoms with Gasteiger partial charge in [-0.25, -0.2) is 4.39 Å². The molecule has 2 unspecified atom stereocenters. The van der Waals surface area contributed by atoms with Gasteiger partial charge in [-0.2, -0.15) is 0 Å². The molecule has 1 aliphatic carbocycles. The van der Waals surface area contributed by atoms with E-state index in [0.29, 0.717) is 18.9 Å². The van der Waals surface area contributed by atoms with E-state index in [-0.39, 0.29) is 23.7 Å². The fourth-order valence-electron chi connectivity index (χ4n) is 2.52. The highest BCUT2D eigenvalue weighted by Crippen LogP contribution is 2.25. The molecule has 2 N–H and O–H groups in total. The van der Waals surface area contributed by atoms with Crippen molar-refractivity contribution in [2.45, 2.75) is 25.3 Å². The average Bonchev–Trinajstić information content (AvgIpc) is 2.86. The second-order valence-corrected chi connectivity index (χ2v) is 5.26. The number of carbonyl (C=O) groups is 1. The number of nitrogens with zero attached hydrogens (tertiary/aromatic N) is 1. The first-order valence-electron chi connectivity index (χ1n) is 6.97. The standard InChI is InChI=1S/C15H21FN2O2/c1-18(15(19)13-3-2-4-14(13)17)9-10-20-12-7-5-11(16)6-8-12/h5-8,13-14H,2-4,9-10,17H2,1H3. The van der Waals surface area contributed by atoms with Crippen LogP contribution in [0.5, 0.6) is 5.75 Å². The van der Waals surface area contributed by atoms with E-state index in [1.54, 1.807) is 24.1 Å². The third-order valence-corrected chi connectivity index (χ3v) is 3.77. The number of benzene rings is 1. The lowest BCUT2D eigenvalue weighted by Crippen LogP contribution is -2.41. The maximum Gasteiger partial charge on any atom is 0.227 e. The van der Waals surface area contributed by atoms with Crippen LogP contribution in [-0.4, -0.2) is 37.0 Å². The third-order valence-electron chi connectivity index (χ3n) is 3.77. The lowest BCUT2D eigenvalue weighted by molar-refractivity contribution is -0.134. The summed E-state index contributed by atoms with van der Waals surface area (Å²) < 4.78 is 18.2. The van der Waals surface area contributed by atoms with Gasteiger partial charge in [0.2, 0.25) is 5.91 Å². The molecule has 0 spiro atoms. The molecule has 0 heterocycles. The van der Waals surface area contributed by atoms with Crippen LogP contribution < -0.4 is 10.5 Å². The Morgan fingerprint density at radius 1 is 1.40 bits per heavy atom. The number of hydrogen-bond donors (Lipinski definition) is 1. The molecular formula is C15H21FN2O2. The van der Waals surface area contributed by atoms with E-state index in [9.17, 15) is 9.18 Å². The first-order chi connectivity index (χ1) is 9.58. The van der Waals surface area contributed by atoms with Crippen molar-refractivity contribution < 1.29 is 13.9 Å². The Morgan fingerprint density at radius 3 is 2.70 bits per heavy atom. The minimum atomic E-state index is -0.292. The molecule has 1 amide bonds. The number of likely N-dealkylation sites (N-methyl/N-ethyl adjacent to an activating group) is 1. The van der Waals surface area contributed by atoms with Crippen molar-refractivity contribution in [3.63, 3.8) is 0 Å². The van der Waals surface area contributed by atoms with Crippen molar-refractivity contribution in [3.05, 3.63) is 30.1 Å². The number of nitrogens with two attached hydrogens (primary N) is 1. The molecule has 4 nitrogen and oxygen atoms in total. The molecule has 2 rings (SSSR count). The SMILES string of the molecule is CN(CCOc1ccc(F)cc1)C(=O)C1CCCC1N. The molecule has 1 aliphatic rings. The Balaban J connectivity index is 1.75. The monoisotopic (exact) mass is 280 g/mol. The van der Waals surface area contributed by atoms with E-state index < -0.39 is 0 Å². The summed E-state index contributed by atoms with van der Waals surface area (Å²) in [6.07, 6.45) is 2.83. The summed E-state index contributed by atoms with van der Waals surface area (Å²) in [5.74, 6) is 0.355. The van der Waals surface area contributed by atoms with E-state index in [0.717, 1.165) is 19.3 Å². The summed E-state index contributed by atoms with van der Waals surface area (Å²) in [6.45, 7) is 0.884. The largest absolute Gasteiger partial charge is 0.492 e. The molecule has 0 bridgehead atoms. The number of amides is 1. The van der Waals surface area contributed by atoms with Crippen molar-refractivity contribution >= 4 is 5.91 Å². The molecule has 110 valence electrons. The molecule has 20 heavy (non-hydrogen) atoms. The first-order valence-corrected chi connectivity index (χ1v) is 6.97. The molecule has 1 saturated carbocycles. The maximum absolute atomic E-state index is 12.7. The first kappa shape index (κ1) is 14.8. The fraction of sp³-hybridized carbons (Fsp3) is 0.533. The van der Waals surface area contributed by atoms with Gasteiger partial charge in [0.15, 0.2) is 0 Å². The summed E-state index contributed by atoms with van der Waals surface area (Å²) in [4.78, 5) is 13.8. The number of halogens is 1. The fourth-order valence-corrected chi connectivity index (χ4v) is 2.52. The minimum Gasteiger partial charge on any atom is -0.492 e. The van der Waals surface area contributed by atoms with Crippen LogP contribution >= 0.6 is 0 Å². The van der Waals surface area contributed by atoms with Gasteiger partial charge >= 0.3 is 0 Å². The van der Waals surface area contributed by atoms with E-state index in [1.165, 1.54) is 12.1 Å². The highest BCUT2D eigenvalue weighted by molar-refractivity contribution is 5.79. The number of carbonyl (C=O) groups excluding carboxylic acids is 1. The Hall–Kier alpha value is -1.62. The summed E-state index contributed by atoms with van der Waals surface area (Å²) >= 11 is 0. The molecular weight excluding hydrogens is 259 g/mol. The van der Waals surface area contributed by atoms with Crippen molar-refractivity contribution in [1.82, 2.24) is 4.90 Å². The van der Waals surface area contributed by atoms with Crippen LogP contribution in [0, 0.1) is 11.7 Å². The molecule has 1 aromatic carbocycles. The minimum absolute atomic E-state index is 0.0111. The zero-order chi connectivity index (χ0) is 14.5. The number of hydrogen-bond acceptors (Lipinski definition) is 3. The summed E-state index contributed by atoms with van der Waals surface area (Å²) in [5, 5.41) is 0. The molecule has 0 aromatic heterocycles. The van der Waals surface area contributed by atoms with Gasteiger partial charge in [0.1, 0.15) is 18.2 Å². The van der Waals surface area contributed by atoms with Crippen LogP contribution in [0.25, 0.3) is 0 Å². The molecule has 0 aliphatic heterocycles. The predicted molar refractivity (Wildman–Crippen MR) is 74.8 cm³/mol. The maximum atomic E-state index is 12.7. The van der Waals surface area contributed by atoms with E-state index in [2.05, 4.69) is 0 Å². The normalized spacial score (nSPS) is 21.8. The Kier molecular flexibility index (Phi) is 4.95. The molecule has 0 radical (unpaired) electrons. The van der Waals surface area contributed by atoms with Crippen LogP contribution in [0.3, 0.4) is 0 Å². The van der Waals surface area contributed by atoms with E-state index in [4.69, 9.17) is 10.5 Å². The average molecular weight is 280 g/mol. The van der Waals surface area contributed by atoms with Crippen molar-refractivity contribution in [2.75, 3.05) is 20.2 Å². The molecule has 2 atom stereocenters. The zero-order valence-corrected chi connectivity index (χ0v) is 11.7. The van der Waals surface area contributed by atoms with Gasteiger partial charge in [0.25, 0.3) is 0 Å². The van der Waals surface area contributed by atoms with Crippen molar-refractivity contribution in [2.24, 2.45) is 11.7 Å². The summed E-state index contributed by atoms with van der Waals surface area (Å²) in [5.41, 5.74) is 5.94. The van der Waals surface area contributed by atoms with Gasteiger partial charge in [-0.1, -0.05) is 6.42 Å². The Bertz CT molecular complexity index is 450. The zero-order valence-electron chi connectivity index (χ0n) is 11.7. The van der Waals surface area contributed by atoms with Crippen LogP contribution in [0.15, 0.2) is 24.3 Å². The third kappa shape index (κ3) is 3.70. The second-order valence-electron chi connectivity index (χ2n) is 5.26. The Labute approximate surface area is 118 Å². The van der Waals surface area contributed by atoms with Gasteiger partial charge in [-0.3, -0.25) is 4.79 Å². The van der Waals surface area contributed by atoms with Gasteiger partial charge < -0.3 is 15.4 Å². The quantitative estimate of drug-likeness (QED) is 0.894. The van der Waals surface area contributed by atoms with E-state index >= 15 is 0 Å². The van der Waals surface area contributed by atoms with Crippen LogP contribution in [0.1, 0.15) is 19.3 Å². The van der Waals surface area contributed by atoms with Gasteiger partial charge in [-0.05, 0) is 37.1 Å². The van der Waals surface area contributed by atoms with Crippen LogP contribution in [0.4, 0.5) is 4.39 Å². The topological polar surface area (TPSA) is 55.6 Å². The Morgan fingerprint density at radius 2 is 2.10 bits per heavy atom. The van der Waals surface area contributed by atoms with Gasteiger partial charge in [-0.15, -0.1) is 0 Å².